The minimum atomic E-state index is -3.55. The molecule has 2 aromatic rings. The Labute approximate surface area is 101 Å². The molecule has 0 aliphatic rings. The first-order chi connectivity index (χ1) is 8.43. The van der Waals surface area contributed by atoms with E-state index in [1.165, 1.54) is 18.2 Å². The summed E-state index contributed by atoms with van der Waals surface area (Å²) < 4.78 is 27.8. The highest BCUT2D eigenvalue weighted by atomic mass is 19.3. The number of benzene rings is 1. The number of aromatic nitrogens is 1. The molecule has 0 aliphatic carbocycles. The van der Waals surface area contributed by atoms with Gasteiger partial charge in [-0.05, 0) is 24.3 Å². The number of alkyl halides is 2. The van der Waals surface area contributed by atoms with Gasteiger partial charge >= 0.3 is 6.05 Å². The Balaban J connectivity index is 2.50. The molecule has 0 atom stereocenters. The van der Waals surface area contributed by atoms with E-state index in [-0.39, 0.29) is 10.6 Å². The molecule has 0 radical (unpaired) electrons. The Hall–Kier alpha value is -2.28. The standard InChI is InChI=1S/C11H11F2N5/c12-11(13,18(16)10(14)15)8-3-4-9-7(6-8)2-1-5-17-9/h1-6H,16H2,(H3,14,15). The number of nitrogens with two attached hydrogens (primary N) is 2. The zero-order valence-electron chi connectivity index (χ0n) is 9.27. The molecule has 0 fully saturated rings. The number of halogens is 2. The zero-order chi connectivity index (χ0) is 13.3. The van der Waals surface area contributed by atoms with Gasteiger partial charge in [-0.25, -0.2) is 10.9 Å². The lowest BCUT2D eigenvalue weighted by Gasteiger charge is -2.27. The summed E-state index contributed by atoms with van der Waals surface area (Å²) in [5, 5.41) is 7.44. The maximum absolute atomic E-state index is 13.9. The minimum absolute atomic E-state index is 0.0788. The van der Waals surface area contributed by atoms with Gasteiger partial charge in [0, 0.05) is 17.1 Å². The summed E-state index contributed by atoms with van der Waals surface area (Å²) in [6.07, 6.45) is 1.57. The Kier molecular flexibility index (Phi) is 2.84. The van der Waals surface area contributed by atoms with Gasteiger partial charge < -0.3 is 5.73 Å². The summed E-state index contributed by atoms with van der Waals surface area (Å²) in [6, 6.07) is 3.71. The second-order valence-electron chi connectivity index (χ2n) is 3.71. The largest absolute Gasteiger partial charge is 0.369 e. The van der Waals surface area contributed by atoms with Crippen LogP contribution in [0.1, 0.15) is 5.56 Å². The molecule has 0 saturated carbocycles. The van der Waals surface area contributed by atoms with Crippen molar-refractivity contribution in [1.82, 2.24) is 9.99 Å². The van der Waals surface area contributed by atoms with Gasteiger partial charge in [-0.1, -0.05) is 6.07 Å². The Morgan fingerprint density at radius 1 is 1.33 bits per heavy atom. The van der Waals surface area contributed by atoms with Gasteiger partial charge in [0.1, 0.15) is 0 Å². The van der Waals surface area contributed by atoms with Gasteiger partial charge in [0.05, 0.1) is 5.52 Å². The van der Waals surface area contributed by atoms with Crippen LogP contribution >= 0.6 is 0 Å². The van der Waals surface area contributed by atoms with E-state index in [0.717, 1.165) is 0 Å². The van der Waals surface area contributed by atoms with Crippen LogP contribution in [0.4, 0.5) is 8.78 Å². The predicted octanol–water partition coefficient (Wildman–Crippen LogP) is 1.35. The van der Waals surface area contributed by atoms with Crippen molar-refractivity contribution in [3.05, 3.63) is 42.1 Å². The molecule has 5 N–H and O–H groups in total. The van der Waals surface area contributed by atoms with Crippen LogP contribution in [0.15, 0.2) is 36.5 Å². The summed E-state index contributed by atoms with van der Waals surface area (Å²) in [5.74, 6) is 4.18. The number of hydrogen-bond donors (Lipinski definition) is 3. The lowest BCUT2D eigenvalue weighted by molar-refractivity contribution is -0.120. The van der Waals surface area contributed by atoms with Gasteiger partial charge in [0.15, 0.2) is 0 Å². The molecule has 0 spiro atoms. The molecule has 0 amide bonds. The van der Waals surface area contributed by atoms with E-state index < -0.39 is 12.0 Å². The number of rotatable bonds is 2. The SMILES string of the molecule is N=C(N)N(N)C(F)(F)c1ccc2ncccc2c1. The average molecular weight is 251 g/mol. The fourth-order valence-electron chi connectivity index (χ4n) is 1.55. The first-order valence-electron chi connectivity index (χ1n) is 5.05. The van der Waals surface area contributed by atoms with E-state index in [9.17, 15) is 8.78 Å². The second-order valence-corrected chi connectivity index (χ2v) is 3.71. The fourth-order valence-corrected chi connectivity index (χ4v) is 1.55. The number of nitrogens with one attached hydrogen (secondary N) is 1. The van der Waals surface area contributed by atoms with E-state index in [2.05, 4.69) is 4.98 Å². The van der Waals surface area contributed by atoms with E-state index in [0.29, 0.717) is 10.9 Å². The number of fused-ring (bicyclic) bond motifs is 1. The van der Waals surface area contributed by atoms with Gasteiger partial charge in [0.2, 0.25) is 5.96 Å². The third-order valence-corrected chi connectivity index (χ3v) is 2.51. The highest BCUT2D eigenvalue weighted by molar-refractivity contribution is 5.79. The first kappa shape index (κ1) is 12.2. The third-order valence-electron chi connectivity index (χ3n) is 2.51. The molecule has 7 heteroatoms. The predicted molar refractivity (Wildman–Crippen MR) is 63.6 cm³/mol. The number of pyridine rings is 1. The zero-order valence-corrected chi connectivity index (χ0v) is 9.27. The number of nitrogens with zero attached hydrogens (tertiary/aromatic N) is 2. The van der Waals surface area contributed by atoms with Crippen LogP contribution in [0.3, 0.4) is 0 Å². The van der Waals surface area contributed by atoms with Crippen LogP contribution in [-0.4, -0.2) is 16.0 Å². The second kappa shape index (κ2) is 4.19. The normalized spacial score (nSPS) is 11.5. The van der Waals surface area contributed by atoms with Crippen molar-refractivity contribution in [2.24, 2.45) is 11.6 Å². The number of hydrogen-bond acceptors (Lipinski definition) is 3. The van der Waals surface area contributed by atoms with Crippen molar-refractivity contribution in [2.75, 3.05) is 0 Å². The molecule has 2 rings (SSSR count). The van der Waals surface area contributed by atoms with E-state index in [4.69, 9.17) is 17.0 Å². The monoisotopic (exact) mass is 251 g/mol. The van der Waals surface area contributed by atoms with Gasteiger partial charge in [0.25, 0.3) is 0 Å². The van der Waals surface area contributed by atoms with Crippen LogP contribution < -0.4 is 11.6 Å². The molecule has 0 unspecified atom stereocenters. The molecule has 5 nitrogen and oxygen atoms in total. The maximum Gasteiger partial charge on any atom is 0.367 e. The molecular formula is C11H11F2N5. The van der Waals surface area contributed by atoms with E-state index >= 15 is 0 Å². The average Bonchev–Trinajstić information content (AvgIpc) is 2.37. The fraction of sp³-hybridized carbons (Fsp3) is 0.0909. The van der Waals surface area contributed by atoms with Crippen molar-refractivity contribution in [2.45, 2.75) is 6.05 Å². The summed E-state index contributed by atoms with van der Waals surface area (Å²) >= 11 is 0. The molecule has 0 saturated heterocycles. The van der Waals surface area contributed by atoms with Crippen LogP contribution in [0.5, 0.6) is 0 Å². The lowest BCUT2D eigenvalue weighted by atomic mass is 10.1. The summed E-state index contributed by atoms with van der Waals surface area (Å²) in [6.45, 7) is 0. The van der Waals surface area contributed by atoms with Crippen LogP contribution in [0.2, 0.25) is 0 Å². The molecular weight excluding hydrogens is 240 g/mol. The number of hydrazine groups is 1. The topological polar surface area (TPSA) is 92.0 Å². The lowest BCUT2D eigenvalue weighted by Crippen LogP contribution is -2.51. The van der Waals surface area contributed by atoms with Crippen LogP contribution in [0.25, 0.3) is 10.9 Å². The van der Waals surface area contributed by atoms with Crippen molar-refractivity contribution >= 4 is 16.9 Å². The third kappa shape index (κ3) is 1.95. The Morgan fingerprint density at radius 3 is 2.72 bits per heavy atom. The van der Waals surface area contributed by atoms with Gasteiger partial charge in [-0.2, -0.15) is 8.78 Å². The summed E-state index contributed by atoms with van der Waals surface area (Å²) in [7, 11) is 0. The number of guanidine groups is 1. The minimum Gasteiger partial charge on any atom is -0.369 e. The van der Waals surface area contributed by atoms with Crippen molar-refractivity contribution in [3.63, 3.8) is 0 Å². The van der Waals surface area contributed by atoms with Crippen LogP contribution in [0, 0.1) is 5.41 Å². The Bertz CT molecular complexity index is 599. The highest BCUT2D eigenvalue weighted by Gasteiger charge is 2.39. The molecule has 0 bridgehead atoms. The van der Waals surface area contributed by atoms with Gasteiger partial charge in [-0.3, -0.25) is 10.4 Å². The first-order valence-corrected chi connectivity index (χ1v) is 5.05. The molecule has 94 valence electrons. The maximum atomic E-state index is 13.9. The molecule has 1 aromatic carbocycles. The van der Waals surface area contributed by atoms with Gasteiger partial charge in [-0.15, -0.1) is 0 Å². The summed E-state index contributed by atoms with van der Waals surface area (Å²) in [4.78, 5) is 4.03. The molecule has 1 aromatic heterocycles. The van der Waals surface area contributed by atoms with Crippen LogP contribution in [-0.2, 0) is 6.05 Å². The quantitative estimate of drug-likeness (QED) is 0.247. The highest BCUT2D eigenvalue weighted by Crippen LogP contribution is 2.31. The van der Waals surface area contributed by atoms with Crippen molar-refractivity contribution in [3.8, 4) is 0 Å². The summed E-state index contributed by atoms with van der Waals surface area (Å²) in [5.41, 5.74) is 5.22. The Morgan fingerprint density at radius 2 is 2.06 bits per heavy atom. The van der Waals surface area contributed by atoms with E-state index in [1.807, 2.05) is 0 Å². The molecule has 0 aliphatic heterocycles. The van der Waals surface area contributed by atoms with E-state index in [1.54, 1.807) is 18.3 Å². The van der Waals surface area contributed by atoms with Crippen molar-refractivity contribution in [1.29, 1.82) is 5.41 Å². The molecule has 1 heterocycles. The van der Waals surface area contributed by atoms with Crippen molar-refractivity contribution < 1.29 is 8.78 Å². The molecule has 18 heavy (non-hydrogen) atoms. The smallest absolute Gasteiger partial charge is 0.367 e.